The quantitative estimate of drug-likeness (QED) is 0.637. The number of nitrogens with one attached hydrogen (secondary N) is 1. The standard InChI is InChI=1S/C11H14INO4S/c1-7-4-5-9(6-10(7)12)13-18(15,16)8(2)11(14)17-3/h4-6,8,13H,1-3H3. The number of hydrogen-bond acceptors (Lipinski definition) is 4. The number of hydrogen-bond donors (Lipinski definition) is 1. The van der Waals surface area contributed by atoms with Gasteiger partial charge in [-0.05, 0) is 54.1 Å². The Kier molecular flexibility index (Phi) is 4.97. The highest BCUT2D eigenvalue weighted by Gasteiger charge is 2.28. The van der Waals surface area contributed by atoms with Gasteiger partial charge >= 0.3 is 5.97 Å². The van der Waals surface area contributed by atoms with Crippen molar-refractivity contribution >= 4 is 44.3 Å². The van der Waals surface area contributed by atoms with Crippen molar-refractivity contribution in [1.82, 2.24) is 0 Å². The van der Waals surface area contributed by atoms with E-state index in [1.54, 1.807) is 12.1 Å². The lowest BCUT2D eigenvalue weighted by molar-refractivity contribution is -0.139. The fraction of sp³-hybridized carbons (Fsp3) is 0.364. The molecule has 1 unspecified atom stereocenters. The molecule has 1 aromatic carbocycles. The maximum atomic E-state index is 11.9. The molecule has 1 N–H and O–H groups in total. The smallest absolute Gasteiger partial charge is 0.325 e. The fourth-order valence-corrected chi connectivity index (χ4v) is 2.70. The Morgan fingerprint density at radius 1 is 1.44 bits per heavy atom. The summed E-state index contributed by atoms with van der Waals surface area (Å²) in [5.41, 5.74) is 1.49. The summed E-state index contributed by atoms with van der Waals surface area (Å²) in [5, 5.41) is -1.25. The summed E-state index contributed by atoms with van der Waals surface area (Å²) in [6.07, 6.45) is 0. The molecular formula is C11H14INO4S. The third kappa shape index (κ3) is 3.58. The number of halogens is 1. The van der Waals surface area contributed by atoms with E-state index in [1.165, 1.54) is 6.92 Å². The Morgan fingerprint density at radius 3 is 2.56 bits per heavy atom. The number of benzene rings is 1. The second kappa shape index (κ2) is 5.87. The Balaban J connectivity index is 2.95. The topological polar surface area (TPSA) is 72.5 Å². The summed E-state index contributed by atoms with van der Waals surface area (Å²) in [5.74, 6) is -0.788. The molecule has 0 spiro atoms. The average molecular weight is 383 g/mol. The molecule has 1 atom stereocenters. The number of ether oxygens (including phenoxy) is 1. The normalized spacial score (nSPS) is 12.9. The van der Waals surface area contributed by atoms with Crippen molar-refractivity contribution in [1.29, 1.82) is 0 Å². The molecule has 0 bridgehead atoms. The molecule has 0 aliphatic carbocycles. The molecule has 0 amide bonds. The van der Waals surface area contributed by atoms with Gasteiger partial charge < -0.3 is 4.74 Å². The number of aryl methyl sites for hydroxylation is 1. The number of carbonyl (C=O) groups is 1. The van der Waals surface area contributed by atoms with E-state index in [4.69, 9.17) is 0 Å². The molecule has 18 heavy (non-hydrogen) atoms. The first kappa shape index (κ1) is 15.2. The van der Waals surface area contributed by atoms with E-state index < -0.39 is 21.2 Å². The first-order valence-corrected chi connectivity index (χ1v) is 7.76. The van der Waals surface area contributed by atoms with Crippen LogP contribution >= 0.6 is 22.6 Å². The van der Waals surface area contributed by atoms with Crippen LogP contribution in [0.1, 0.15) is 12.5 Å². The van der Waals surface area contributed by atoms with Gasteiger partial charge in [0.1, 0.15) is 0 Å². The number of sulfonamides is 1. The maximum Gasteiger partial charge on any atom is 0.325 e. The maximum absolute atomic E-state index is 11.9. The predicted molar refractivity (Wildman–Crippen MR) is 77.9 cm³/mol. The highest BCUT2D eigenvalue weighted by atomic mass is 127. The minimum Gasteiger partial charge on any atom is -0.468 e. The van der Waals surface area contributed by atoms with Crippen molar-refractivity contribution in [3.05, 3.63) is 27.3 Å². The zero-order valence-corrected chi connectivity index (χ0v) is 13.2. The number of carbonyl (C=O) groups excluding carboxylic acids is 1. The molecule has 0 aliphatic heterocycles. The molecule has 1 aromatic rings. The van der Waals surface area contributed by atoms with Gasteiger partial charge in [-0.3, -0.25) is 9.52 Å². The van der Waals surface area contributed by atoms with Gasteiger partial charge in [0, 0.05) is 9.26 Å². The van der Waals surface area contributed by atoms with Gasteiger partial charge in [-0.2, -0.15) is 0 Å². The van der Waals surface area contributed by atoms with Crippen LogP contribution in [0, 0.1) is 10.5 Å². The summed E-state index contributed by atoms with van der Waals surface area (Å²) in [4.78, 5) is 11.2. The van der Waals surface area contributed by atoms with Gasteiger partial charge in [0.2, 0.25) is 10.0 Å². The number of anilines is 1. The summed E-state index contributed by atoms with van der Waals surface area (Å²) >= 11 is 2.11. The van der Waals surface area contributed by atoms with Gasteiger partial charge in [0.15, 0.2) is 5.25 Å². The van der Waals surface area contributed by atoms with Crippen LogP contribution in [0.15, 0.2) is 18.2 Å². The first-order chi connectivity index (χ1) is 8.27. The average Bonchev–Trinajstić information content (AvgIpc) is 2.31. The van der Waals surface area contributed by atoms with Crippen LogP contribution in [0.4, 0.5) is 5.69 Å². The van der Waals surface area contributed by atoms with Crippen LogP contribution in [0.25, 0.3) is 0 Å². The molecule has 0 saturated heterocycles. The zero-order chi connectivity index (χ0) is 13.9. The Bertz CT molecular complexity index is 556. The van der Waals surface area contributed by atoms with E-state index in [-0.39, 0.29) is 0 Å². The molecule has 1 rings (SSSR count). The van der Waals surface area contributed by atoms with E-state index in [2.05, 4.69) is 32.0 Å². The SMILES string of the molecule is COC(=O)C(C)S(=O)(=O)Nc1ccc(C)c(I)c1. The van der Waals surface area contributed by atoms with Crippen LogP contribution in [0.2, 0.25) is 0 Å². The summed E-state index contributed by atoms with van der Waals surface area (Å²) in [7, 11) is -2.63. The first-order valence-electron chi connectivity index (χ1n) is 5.13. The molecular weight excluding hydrogens is 369 g/mol. The molecule has 0 fully saturated rings. The molecule has 5 nitrogen and oxygen atoms in total. The highest BCUT2D eigenvalue weighted by Crippen LogP contribution is 2.19. The lowest BCUT2D eigenvalue weighted by atomic mass is 10.2. The second-order valence-corrected chi connectivity index (χ2v) is 6.94. The third-order valence-corrected chi connectivity index (χ3v) is 5.24. The van der Waals surface area contributed by atoms with Crippen LogP contribution in [-0.2, 0) is 19.6 Å². The van der Waals surface area contributed by atoms with Crippen molar-refractivity contribution < 1.29 is 17.9 Å². The van der Waals surface area contributed by atoms with Crippen molar-refractivity contribution in [3.8, 4) is 0 Å². The van der Waals surface area contributed by atoms with E-state index in [1.807, 2.05) is 13.0 Å². The van der Waals surface area contributed by atoms with Crippen LogP contribution in [-0.4, -0.2) is 26.7 Å². The minimum absolute atomic E-state index is 0.431. The predicted octanol–water partition coefficient (Wildman–Crippen LogP) is 1.90. The fourth-order valence-electron chi connectivity index (χ4n) is 1.20. The van der Waals surface area contributed by atoms with Crippen molar-refractivity contribution in [3.63, 3.8) is 0 Å². The van der Waals surface area contributed by atoms with Gasteiger partial charge in [-0.15, -0.1) is 0 Å². The van der Waals surface area contributed by atoms with Crippen molar-refractivity contribution in [2.75, 3.05) is 11.8 Å². The number of esters is 1. The molecule has 7 heteroatoms. The molecule has 0 aromatic heterocycles. The van der Waals surface area contributed by atoms with Crippen molar-refractivity contribution in [2.24, 2.45) is 0 Å². The van der Waals surface area contributed by atoms with E-state index in [0.29, 0.717) is 5.69 Å². The van der Waals surface area contributed by atoms with Gasteiger partial charge in [0.25, 0.3) is 0 Å². The number of rotatable bonds is 4. The van der Waals surface area contributed by atoms with Crippen LogP contribution in [0.3, 0.4) is 0 Å². The van der Waals surface area contributed by atoms with E-state index in [0.717, 1.165) is 16.2 Å². The second-order valence-electron chi connectivity index (χ2n) is 3.78. The Morgan fingerprint density at radius 2 is 2.06 bits per heavy atom. The summed E-state index contributed by atoms with van der Waals surface area (Å²) < 4.78 is 31.5. The van der Waals surface area contributed by atoms with Crippen LogP contribution in [0.5, 0.6) is 0 Å². The lowest BCUT2D eigenvalue weighted by Crippen LogP contribution is -2.33. The molecule has 0 saturated carbocycles. The Labute approximate surface area is 120 Å². The van der Waals surface area contributed by atoms with E-state index in [9.17, 15) is 13.2 Å². The molecule has 100 valence electrons. The van der Waals surface area contributed by atoms with E-state index >= 15 is 0 Å². The highest BCUT2D eigenvalue weighted by molar-refractivity contribution is 14.1. The van der Waals surface area contributed by atoms with Gasteiger partial charge in [-0.25, -0.2) is 8.42 Å². The molecule has 0 aliphatic rings. The monoisotopic (exact) mass is 383 g/mol. The van der Waals surface area contributed by atoms with Gasteiger partial charge in [-0.1, -0.05) is 6.07 Å². The lowest BCUT2D eigenvalue weighted by Gasteiger charge is -2.13. The van der Waals surface area contributed by atoms with Crippen LogP contribution < -0.4 is 4.72 Å². The number of methoxy groups -OCH3 is 1. The largest absolute Gasteiger partial charge is 0.468 e. The Hall–Kier alpha value is -0.830. The van der Waals surface area contributed by atoms with Crippen molar-refractivity contribution in [2.45, 2.75) is 19.1 Å². The molecule has 0 radical (unpaired) electrons. The summed E-state index contributed by atoms with van der Waals surface area (Å²) in [6.45, 7) is 3.21. The van der Waals surface area contributed by atoms with Gasteiger partial charge in [0.05, 0.1) is 7.11 Å². The zero-order valence-electron chi connectivity index (χ0n) is 10.2. The molecule has 0 heterocycles. The third-order valence-electron chi connectivity index (χ3n) is 2.43. The minimum atomic E-state index is -3.78. The summed E-state index contributed by atoms with van der Waals surface area (Å²) in [6, 6.07) is 5.17.